The number of esters is 1. The van der Waals surface area contributed by atoms with E-state index in [0.717, 1.165) is 36.4 Å². The van der Waals surface area contributed by atoms with Gasteiger partial charge >= 0.3 is 5.97 Å². The molecule has 0 aliphatic rings. The van der Waals surface area contributed by atoms with E-state index in [1.807, 2.05) is 31.2 Å². The Balaban J connectivity index is 1.92. The number of hydrogen-bond acceptors (Lipinski definition) is 5. The van der Waals surface area contributed by atoms with Crippen LogP contribution in [0.5, 0.6) is 0 Å². The number of sulfonamides is 1. The maximum atomic E-state index is 14.1. The molecule has 0 saturated carbocycles. The van der Waals surface area contributed by atoms with E-state index in [0.29, 0.717) is 5.69 Å². The lowest BCUT2D eigenvalue weighted by atomic mass is 10.1. The molecule has 7 nitrogen and oxygen atoms in total. The Hall–Kier alpha value is -3.20. The molecule has 0 radical (unpaired) electrons. The first-order valence-corrected chi connectivity index (χ1v) is 9.32. The molecule has 3 aromatic rings. The van der Waals surface area contributed by atoms with Gasteiger partial charge in [-0.05, 0) is 30.7 Å². The highest BCUT2D eigenvalue weighted by Crippen LogP contribution is 2.25. The first-order chi connectivity index (χ1) is 12.8. The number of nitrogens with one attached hydrogen (secondary N) is 2. The summed E-state index contributed by atoms with van der Waals surface area (Å²) in [5.74, 6) is -1.77. The van der Waals surface area contributed by atoms with Crippen molar-refractivity contribution in [2.24, 2.45) is 0 Å². The van der Waals surface area contributed by atoms with Gasteiger partial charge in [-0.3, -0.25) is 9.82 Å². The van der Waals surface area contributed by atoms with E-state index in [9.17, 15) is 17.6 Å². The van der Waals surface area contributed by atoms with Crippen LogP contribution in [0, 0.1) is 12.7 Å². The number of methoxy groups -OCH3 is 1. The third-order valence-corrected chi connectivity index (χ3v) is 5.26. The Labute approximate surface area is 155 Å². The van der Waals surface area contributed by atoms with Crippen molar-refractivity contribution in [3.8, 4) is 11.3 Å². The Morgan fingerprint density at radius 1 is 1.19 bits per heavy atom. The molecule has 1 aromatic heterocycles. The lowest BCUT2D eigenvalue weighted by Crippen LogP contribution is -2.16. The number of benzene rings is 2. The first-order valence-electron chi connectivity index (χ1n) is 7.84. The standard InChI is InChI=1S/C18H16FN3O4S/c1-11-5-3-4-6-13(11)15-10-17(21-20-15)22-27(24,25)16-9-12(18(23)26-2)7-8-14(16)19/h3-10H,1-2H3,(H2,20,21,22). The van der Waals surface area contributed by atoms with Crippen molar-refractivity contribution in [1.82, 2.24) is 10.2 Å². The van der Waals surface area contributed by atoms with Gasteiger partial charge in [0, 0.05) is 11.6 Å². The fourth-order valence-electron chi connectivity index (χ4n) is 2.53. The van der Waals surface area contributed by atoms with Crippen molar-refractivity contribution in [2.75, 3.05) is 11.8 Å². The van der Waals surface area contributed by atoms with Crippen LogP contribution >= 0.6 is 0 Å². The quantitative estimate of drug-likeness (QED) is 0.653. The fourth-order valence-corrected chi connectivity index (χ4v) is 3.63. The maximum absolute atomic E-state index is 14.1. The molecular weight excluding hydrogens is 373 g/mol. The van der Waals surface area contributed by atoms with Crippen LogP contribution in [0.3, 0.4) is 0 Å². The molecule has 0 bridgehead atoms. The maximum Gasteiger partial charge on any atom is 0.337 e. The van der Waals surface area contributed by atoms with Gasteiger partial charge in [0.15, 0.2) is 5.82 Å². The second-order valence-electron chi connectivity index (χ2n) is 5.72. The number of H-pyrrole nitrogens is 1. The molecule has 0 fully saturated rings. The van der Waals surface area contributed by atoms with Crippen LogP contribution in [-0.2, 0) is 14.8 Å². The highest BCUT2D eigenvalue weighted by Gasteiger charge is 2.23. The molecule has 3 rings (SSSR count). The van der Waals surface area contributed by atoms with Crippen molar-refractivity contribution in [2.45, 2.75) is 11.8 Å². The fraction of sp³-hybridized carbons (Fsp3) is 0.111. The van der Waals surface area contributed by atoms with Crippen molar-refractivity contribution >= 4 is 21.8 Å². The topological polar surface area (TPSA) is 101 Å². The van der Waals surface area contributed by atoms with Gasteiger partial charge in [-0.25, -0.2) is 17.6 Å². The van der Waals surface area contributed by atoms with Gasteiger partial charge in [-0.1, -0.05) is 24.3 Å². The zero-order chi connectivity index (χ0) is 19.6. The van der Waals surface area contributed by atoms with Crippen LogP contribution in [0.4, 0.5) is 10.2 Å². The van der Waals surface area contributed by atoms with Gasteiger partial charge in [0.05, 0.1) is 18.4 Å². The monoisotopic (exact) mass is 389 g/mol. The van der Waals surface area contributed by atoms with E-state index < -0.39 is 26.7 Å². The molecule has 140 valence electrons. The van der Waals surface area contributed by atoms with E-state index in [1.165, 1.54) is 6.07 Å². The van der Waals surface area contributed by atoms with Crippen molar-refractivity contribution in [3.63, 3.8) is 0 Å². The van der Waals surface area contributed by atoms with Gasteiger partial charge in [-0.2, -0.15) is 5.10 Å². The summed E-state index contributed by atoms with van der Waals surface area (Å²) in [7, 11) is -3.15. The lowest BCUT2D eigenvalue weighted by Gasteiger charge is -2.08. The number of nitrogens with zero attached hydrogens (tertiary/aromatic N) is 1. The summed E-state index contributed by atoms with van der Waals surface area (Å²) < 4.78 is 45.9. The number of aromatic nitrogens is 2. The van der Waals surface area contributed by atoms with Crippen LogP contribution in [0.1, 0.15) is 15.9 Å². The summed E-state index contributed by atoms with van der Waals surface area (Å²) in [5, 5.41) is 6.66. The Bertz CT molecular complexity index is 1110. The summed E-state index contributed by atoms with van der Waals surface area (Å²) >= 11 is 0. The van der Waals surface area contributed by atoms with Crippen LogP contribution in [-0.4, -0.2) is 31.7 Å². The average molecular weight is 389 g/mol. The number of hydrogen-bond donors (Lipinski definition) is 2. The van der Waals surface area contributed by atoms with Crippen molar-refractivity contribution in [3.05, 3.63) is 65.5 Å². The number of ether oxygens (including phenoxy) is 1. The number of carbonyl (C=O) groups excluding carboxylic acids is 1. The number of aromatic amines is 1. The average Bonchev–Trinajstić information content (AvgIpc) is 3.09. The third-order valence-electron chi connectivity index (χ3n) is 3.89. The zero-order valence-corrected chi connectivity index (χ0v) is 15.3. The Morgan fingerprint density at radius 2 is 1.93 bits per heavy atom. The smallest absolute Gasteiger partial charge is 0.337 e. The van der Waals surface area contributed by atoms with E-state index in [4.69, 9.17) is 0 Å². The number of anilines is 1. The van der Waals surface area contributed by atoms with E-state index >= 15 is 0 Å². The molecule has 1 heterocycles. The van der Waals surface area contributed by atoms with Gasteiger partial charge < -0.3 is 4.74 Å². The van der Waals surface area contributed by atoms with Gasteiger partial charge in [0.2, 0.25) is 0 Å². The molecule has 0 amide bonds. The molecule has 0 aliphatic carbocycles. The van der Waals surface area contributed by atoms with Crippen LogP contribution in [0.25, 0.3) is 11.3 Å². The minimum absolute atomic E-state index is 0.00359. The summed E-state index contributed by atoms with van der Waals surface area (Å²) in [6.45, 7) is 1.91. The summed E-state index contributed by atoms with van der Waals surface area (Å²) in [6, 6.07) is 12.0. The normalized spacial score (nSPS) is 11.2. The van der Waals surface area contributed by atoms with Crippen LogP contribution in [0.15, 0.2) is 53.4 Å². The SMILES string of the molecule is COC(=O)c1ccc(F)c(S(=O)(=O)Nc2cc(-c3ccccc3C)[nH]n2)c1. The molecule has 2 N–H and O–H groups in total. The summed E-state index contributed by atoms with van der Waals surface area (Å²) in [6.07, 6.45) is 0. The highest BCUT2D eigenvalue weighted by molar-refractivity contribution is 7.92. The Kier molecular flexibility index (Phi) is 4.95. The molecule has 2 aromatic carbocycles. The number of aryl methyl sites for hydroxylation is 1. The van der Waals surface area contributed by atoms with Crippen LogP contribution in [0.2, 0.25) is 0 Å². The number of carbonyl (C=O) groups is 1. The molecule has 0 aliphatic heterocycles. The van der Waals surface area contributed by atoms with Gasteiger partial charge in [-0.15, -0.1) is 0 Å². The lowest BCUT2D eigenvalue weighted by molar-refractivity contribution is 0.0600. The van der Waals surface area contributed by atoms with Crippen LogP contribution < -0.4 is 4.72 Å². The summed E-state index contributed by atoms with van der Waals surface area (Å²) in [4.78, 5) is 10.9. The third kappa shape index (κ3) is 3.82. The first kappa shape index (κ1) is 18.6. The largest absolute Gasteiger partial charge is 0.465 e. The molecule has 0 unspecified atom stereocenters. The minimum Gasteiger partial charge on any atom is -0.465 e. The molecule has 0 saturated heterocycles. The minimum atomic E-state index is -4.30. The van der Waals surface area contributed by atoms with E-state index in [-0.39, 0.29) is 11.4 Å². The summed E-state index contributed by atoms with van der Waals surface area (Å²) in [5.41, 5.74) is 2.36. The molecular formula is C18H16FN3O4S. The molecule has 0 atom stereocenters. The zero-order valence-electron chi connectivity index (χ0n) is 14.5. The number of halogens is 1. The van der Waals surface area contributed by atoms with E-state index in [1.54, 1.807) is 0 Å². The Morgan fingerprint density at radius 3 is 2.63 bits per heavy atom. The van der Waals surface area contributed by atoms with Gasteiger partial charge in [0.1, 0.15) is 10.7 Å². The molecule has 27 heavy (non-hydrogen) atoms. The highest BCUT2D eigenvalue weighted by atomic mass is 32.2. The van der Waals surface area contributed by atoms with Gasteiger partial charge in [0.25, 0.3) is 10.0 Å². The predicted octanol–water partition coefficient (Wildman–Crippen LogP) is 3.11. The number of rotatable bonds is 5. The second kappa shape index (κ2) is 7.20. The van der Waals surface area contributed by atoms with E-state index in [2.05, 4.69) is 19.7 Å². The molecule has 0 spiro atoms. The second-order valence-corrected chi connectivity index (χ2v) is 7.37. The molecule has 9 heteroatoms. The van der Waals surface area contributed by atoms with Crippen molar-refractivity contribution in [1.29, 1.82) is 0 Å². The predicted molar refractivity (Wildman–Crippen MR) is 97.3 cm³/mol. The van der Waals surface area contributed by atoms with Crippen molar-refractivity contribution < 1.29 is 22.3 Å².